The number of hydrogen-bond donors (Lipinski definition) is 1. The third-order valence-electron chi connectivity index (χ3n) is 7.34. The molecule has 0 radical (unpaired) electrons. The molecule has 42 heavy (non-hydrogen) atoms. The first kappa shape index (κ1) is 28.2. The number of fused-ring (bicyclic) bond motifs is 3. The Balaban J connectivity index is 1.18. The van der Waals surface area contributed by atoms with Gasteiger partial charge in [0.05, 0.1) is 29.4 Å². The summed E-state index contributed by atoms with van der Waals surface area (Å²) >= 11 is 1.28. The highest BCUT2D eigenvalue weighted by molar-refractivity contribution is 8.00. The molecule has 222 valence electrons. The van der Waals surface area contributed by atoms with Gasteiger partial charge in [-0.15, -0.1) is 0 Å². The molecular formula is C29H32N4O8S. The predicted molar refractivity (Wildman–Crippen MR) is 153 cm³/mol. The van der Waals surface area contributed by atoms with Crippen LogP contribution in [0.15, 0.2) is 40.3 Å². The molecule has 4 heterocycles. The number of aromatic nitrogens is 2. The van der Waals surface area contributed by atoms with Gasteiger partial charge >= 0.3 is 0 Å². The lowest BCUT2D eigenvalue weighted by atomic mass is 10.2. The molecule has 1 unspecified atom stereocenters. The Morgan fingerprint density at radius 2 is 1.71 bits per heavy atom. The lowest BCUT2D eigenvalue weighted by Crippen LogP contribution is -2.44. The molecule has 12 nitrogen and oxygen atoms in total. The van der Waals surface area contributed by atoms with Crippen molar-refractivity contribution in [3.05, 3.63) is 46.2 Å². The van der Waals surface area contributed by atoms with E-state index in [-0.39, 0.29) is 43.9 Å². The maximum Gasteiger partial charge on any atom is 0.262 e. The number of hydrogen-bond acceptors (Lipinski definition) is 10. The summed E-state index contributed by atoms with van der Waals surface area (Å²) in [6.07, 6.45) is 1.19. The first-order chi connectivity index (χ1) is 20.5. The van der Waals surface area contributed by atoms with Crippen LogP contribution in [0.4, 0.5) is 0 Å². The molecule has 3 aromatic rings. The second-order valence-electron chi connectivity index (χ2n) is 10.1. The van der Waals surface area contributed by atoms with Crippen LogP contribution in [0.25, 0.3) is 10.9 Å². The fraction of sp³-hybridized carbons (Fsp3) is 0.448. The van der Waals surface area contributed by atoms with E-state index in [0.29, 0.717) is 84.7 Å². The molecule has 3 aliphatic heterocycles. The van der Waals surface area contributed by atoms with Crippen LogP contribution < -0.4 is 29.8 Å². The van der Waals surface area contributed by atoms with Crippen molar-refractivity contribution in [2.24, 2.45) is 0 Å². The number of nitrogens with zero attached hydrogens (tertiary/aromatic N) is 3. The van der Waals surface area contributed by atoms with Crippen LogP contribution >= 0.6 is 11.8 Å². The van der Waals surface area contributed by atoms with Crippen molar-refractivity contribution in [2.75, 3.05) is 39.9 Å². The number of benzene rings is 2. The number of carbonyl (C=O) groups is 2. The third-order valence-corrected chi connectivity index (χ3v) is 8.68. The number of morpholine rings is 1. The number of ether oxygens (including phenoxy) is 5. The van der Waals surface area contributed by atoms with E-state index < -0.39 is 5.25 Å². The van der Waals surface area contributed by atoms with Crippen molar-refractivity contribution < 1.29 is 33.3 Å². The van der Waals surface area contributed by atoms with Gasteiger partial charge in [-0.05, 0) is 36.6 Å². The summed E-state index contributed by atoms with van der Waals surface area (Å²) in [5, 5.41) is 3.33. The molecule has 0 spiro atoms. The molecule has 1 saturated heterocycles. The quantitative estimate of drug-likeness (QED) is 0.275. The van der Waals surface area contributed by atoms with Crippen LogP contribution in [-0.2, 0) is 27.4 Å². The highest BCUT2D eigenvalue weighted by Gasteiger charge is 2.28. The standard InChI is InChI=1S/C29H32N4O8S/c1-2-25(28(36)32-8-10-37-11-9-32)42-29-31-20-14-24-23(40-17-41-24)13-19(20)27(35)33(29)7-3-4-26(34)30-15-18-5-6-21-22(12-18)39-16-38-21/h5-6,12-14,25H,2-4,7-11,15-17H2,1H3,(H,30,34). The Kier molecular flexibility index (Phi) is 8.38. The zero-order valence-electron chi connectivity index (χ0n) is 23.3. The molecule has 0 bridgehead atoms. The summed E-state index contributed by atoms with van der Waals surface area (Å²) in [7, 11) is 0. The minimum atomic E-state index is -0.419. The normalized spacial score (nSPS) is 16.1. The molecular weight excluding hydrogens is 564 g/mol. The van der Waals surface area contributed by atoms with Gasteiger partial charge in [0.2, 0.25) is 25.4 Å². The summed E-state index contributed by atoms with van der Waals surface area (Å²) in [5.74, 6) is 2.23. The fourth-order valence-electron chi connectivity index (χ4n) is 5.04. The van der Waals surface area contributed by atoms with Gasteiger partial charge in [0, 0.05) is 38.7 Å². The molecule has 1 fully saturated rings. The minimum absolute atomic E-state index is 0.000257. The summed E-state index contributed by atoms with van der Waals surface area (Å²) < 4.78 is 28.7. The van der Waals surface area contributed by atoms with Crippen molar-refractivity contribution >= 4 is 34.5 Å². The number of rotatable bonds is 10. The number of amides is 2. The van der Waals surface area contributed by atoms with E-state index in [1.165, 1.54) is 11.8 Å². The van der Waals surface area contributed by atoms with E-state index >= 15 is 0 Å². The van der Waals surface area contributed by atoms with Gasteiger partial charge < -0.3 is 33.9 Å². The SMILES string of the molecule is CCC(Sc1nc2cc3c(cc2c(=O)n1CCCC(=O)NCc1ccc2c(c1)OCO2)OCO3)C(=O)N1CCOCC1. The molecule has 0 aliphatic carbocycles. The smallest absolute Gasteiger partial charge is 0.262 e. The van der Waals surface area contributed by atoms with Crippen molar-refractivity contribution in [1.29, 1.82) is 0 Å². The summed E-state index contributed by atoms with van der Waals surface area (Å²) in [6, 6.07) is 8.89. The molecule has 6 rings (SSSR count). The average molecular weight is 597 g/mol. The Labute approximate surface area is 246 Å². The van der Waals surface area contributed by atoms with Crippen LogP contribution in [0.3, 0.4) is 0 Å². The summed E-state index contributed by atoms with van der Waals surface area (Å²) in [6.45, 7) is 4.93. The maximum absolute atomic E-state index is 13.7. The first-order valence-corrected chi connectivity index (χ1v) is 14.9. The van der Waals surface area contributed by atoms with Crippen molar-refractivity contribution in [2.45, 2.75) is 49.7 Å². The van der Waals surface area contributed by atoms with Gasteiger partial charge in [-0.3, -0.25) is 19.0 Å². The van der Waals surface area contributed by atoms with Crippen LogP contribution in [0.5, 0.6) is 23.0 Å². The van der Waals surface area contributed by atoms with E-state index in [0.717, 1.165) is 5.56 Å². The number of thioether (sulfide) groups is 1. The molecule has 1 aromatic heterocycles. The topological polar surface area (TPSA) is 130 Å². The molecule has 3 aliphatic rings. The minimum Gasteiger partial charge on any atom is -0.454 e. The highest BCUT2D eigenvalue weighted by Crippen LogP contribution is 2.36. The Bertz CT molecular complexity index is 1550. The van der Waals surface area contributed by atoms with E-state index in [9.17, 15) is 14.4 Å². The maximum atomic E-state index is 13.7. The second kappa shape index (κ2) is 12.5. The molecule has 13 heteroatoms. The monoisotopic (exact) mass is 596 g/mol. The molecule has 1 N–H and O–H groups in total. The fourth-order valence-corrected chi connectivity index (χ4v) is 6.16. The Morgan fingerprint density at radius 3 is 2.48 bits per heavy atom. The van der Waals surface area contributed by atoms with Gasteiger partial charge in [0.1, 0.15) is 0 Å². The third kappa shape index (κ3) is 5.97. The summed E-state index contributed by atoms with van der Waals surface area (Å²) in [5.41, 5.74) is 1.11. The zero-order valence-corrected chi connectivity index (χ0v) is 24.1. The Hall–Kier alpha value is -3.97. The lowest BCUT2D eigenvalue weighted by Gasteiger charge is -2.30. The van der Waals surface area contributed by atoms with E-state index in [1.807, 2.05) is 25.1 Å². The zero-order chi connectivity index (χ0) is 29.1. The van der Waals surface area contributed by atoms with Crippen molar-refractivity contribution in [1.82, 2.24) is 19.8 Å². The van der Waals surface area contributed by atoms with Crippen LogP contribution in [0.1, 0.15) is 31.7 Å². The van der Waals surface area contributed by atoms with Gasteiger partial charge in [0.25, 0.3) is 5.56 Å². The Morgan fingerprint density at radius 1 is 1.00 bits per heavy atom. The average Bonchev–Trinajstić information content (AvgIpc) is 3.68. The second-order valence-corrected chi connectivity index (χ2v) is 11.3. The molecule has 2 aromatic carbocycles. The van der Waals surface area contributed by atoms with Gasteiger partial charge in [0.15, 0.2) is 28.2 Å². The predicted octanol–water partition coefficient (Wildman–Crippen LogP) is 2.68. The van der Waals surface area contributed by atoms with E-state index in [1.54, 1.807) is 21.6 Å². The van der Waals surface area contributed by atoms with E-state index in [4.69, 9.17) is 28.7 Å². The molecule has 1 atom stereocenters. The molecule has 0 saturated carbocycles. The van der Waals surface area contributed by atoms with Crippen LogP contribution in [0.2, 0.25) is 0 Å². The molecule has 2 amide bonds. The largest absolute Gasteiger partial charge is 0.454 e. The van der Waals surface area contributed by atoms with E-state index in [2.05, 4.69) is 5.32 Å². The van der Waals surface area contributed by atoms with Gasteiger partial charge in [-0.1, -0.05) is 24.8 Å². The highest BCUT2D eigenvalue weighted by atomic mass is 32.2. The van der Waals surface area contributed by atoms with Gasteiger partial charge in [-0.2, -0.15) is 0 Å². The summed E-state index contributed by atoms with van der Waals surface area (Å²) in [4.78, 5) is 46.4. The first-order valence-electron chi connectivity index (χ1n) is 14.0. The van der Waals surface area contributed by atoms with Crippen molar-refractivity contribution in [3.8, 4) is 23.0 Å². The van der Waals surface area contributed by atoms with Crippen molar-refractivity contribution in [3.63, 3.8) is 0 Å². The lowest BCUT2D eigenvalue weighted by molar-refractivity contribution is -0.134. The number of carbonyl (C=O) groups excluding carboxylic acids is 2. The van der Waals surface area contributed by atoms with Crippen LogP contribution in [-0.4, -0.2) is 71.4 Å². The van der Waals surface area contributed by atoms with Gasteiger partial charge in [-0.25, -0.2) is 4.98 Å². The van der Waals surface area contributed by atoms with Crippen LogP contribution in [0, 0.1) is 0 Å². The number of nitrogens with one attached hydrogen (secondary N) is 1.